The zero-order valence-electron chi connectivity index (χ0n) is 14.3. The van der Waals surface area contributed by atoms with Gasteiger partial charge in [-0.2, -0.15) is 0 Å². The first kappa shape index (κ1) is 16.0. The maximum absolute atomic E-state index is 11.3. The van der Waals surface area contributed by atoms with Crippen LogP contribution in [0.25, 0.3) is 22.0 Å². The number of para-hydroxylation sites is 1. The second-order valence-electron chi connectivity index (χ2n) is 6.13. The first-order chi connectivity index (χ1) is 12.7. The molecule has 3 aromatic carbocycles. The van der Waals surface area contributed by atoms with Crippen LogP contribution in [0.1, 0.15) is 15.9 Å². The highest BCUT2D eigenvalue weighted by Crippen LogP contribution is 2.30. The lowest BCUT2D eigenvalue weighted by Crippen LogP contribution is -1.92. The van der Waals surface area contributed by atoms with Crippen molar-refractivity contribution in [2.24, 2.45) is 0 Å². The quantitative estimate of drug-likeness (QED) is 0.440. The largest absolute Gasteiger partial charge is 0.439 e. The Morgan fingerprint density at radius 3 is 2.46 bits per heavy atom. The summed E-state index contributed by atoms with van der Waals surface area (Å²) in [5.41, 5.74) is 4.47. The molecule has 0 saturated carbocycles. The Hall–Kier alpha value is -3.46. The van der Waals surface area contributed by atoms with E-state index in [4.69, 9.17) is 4.74 Å². The maximum Gasteiger partial charge on any atom is 0.220 e. The summed E-state index contributed by atoms with van der Waals surface area (Å²) in [4.78, 5) is 16.0. The Labute approximate surface area is 151 Å². The number of hydrogen-bond donors (Lipinski definition) is 0. The molecule has 4 rings (SSSR count). The van der Waals surface area contributed by atoms with E-state index < -0.39 is 0 Å². The summed E-state index contributed by atoms with van der Waals surface area (Å²) < 4.78 is 5.89. The predicted molar refractivity (Wildman–Crippen MR) is 104 cm³/mol. The smallest absolute Gasteiger partial charge is 0.220 e. The van der Waals surface area contributed by atoms with Gasteiger partial charge < -0.3 is 4.74 Å². The number of fused-ring (bicyclic) bond motifs is 1. The molecule has 1 heterocycles. The first-order valence-electron chi connectivity index (χ1n) is 8.43. The highest BCUT2D eigenvalue weighted by molar-refractivity contribution is 5.92. The van der Waals surface area contributed by atoms with Crippen LogP contribution in [0.15, 0.2) is 78.9 Å². The van der Waals surface area contributed by atoms with Crippen LogP contribution in [0.2, 0.25) is 0 Å². The van der Waals surface area contributed by atoms with Gasteiger partial charge in [-0.25, -0.2) is 4.98 Å². The highest BCUT2D eigenvalue weighted by atomic mass is 16.5. The van der Waals surface area contributed by atoms with Crippen LogP contribution in [0, 0.1) is 6.92 Å². The Bertz CT molecular complexity index is 1090. The Morgan fingerprint density at radius 2 is 1.65 bits per heavy atom. The molecule has 0 spiro atoms. The molecule has 0 saturated heterocycles. The van der Waals surface area contributed by atoms with Gasteiger partial charge in [0.05, 0.1) is 5.52 Å². The standard InChI is InChI=1S/C23H17NO2/c1-16-13-23(26-19-8-3-2-4-9-19)24-22-14-17(11-12-20(16)22)21-10-6-5-7-18(21)15-25/h2-15H,1H3. The third-order valence-electron chi connectivity index (χ3n) is 4.36. The molecule has 26 heavy (non-hydrogen) atoms. The fraction of sp³-hybridized carbons (Fsp3) is 0.0435. The van der Waals surface area contributed by atoms with Crippen molar-refractivity contribution in [1.29, 1.82) is 0 Å². The van der Waals surface area contributed by atoms with Gasteiger partial charge in [0.25, 0.3) is 0 Å². The van der Waals surface area contributed by atoms with Crippen LogP contribution in [0.3, 0.4) is 0 Å². The molecule has 0 amide bonds. The van der Waals surface area contributed by atoms with E-state index in [1.165, 1.54) is 0 Å². The number of aldehydes is 1. The van der Waals surface area contributed by atoms with Gasteiger partial charge in [-0.3, -0.25) is 4.79 Å². The van der Waals surface area contributed by atoms with Crippen LogP contribution in [0.5, 0.6) is 11.6 Å². The minimum absolute atomic E-state index is 0.557. The van der Waals surface area contributed by atoms with Crippen molar-refractivity contribution in [3.8, 4) is 22.8 Å². The van der Waals surface area contributed by atoms with Crippen molar-refractivity contribution in [3.63, 3.8) is 0 Å². The molecule has 0 aliphatic carbocycles. The van der Waals surface area contributed by atoms with Crippen molar-refractivity contribution in [2.45, 2.75) is 6.92 Å². The minimum atomic E-state index is 0.557. The lowest BCUT2D eigenvalue weighted by atomic mass is 9.98. The van der Waals surface area contributed by atoms with Gasteiger partial charge in [-0.15, -0.1) is 0 Å². The number of benzene rings is 3. The second-order valence-corrected chi connectivity index (χ2v) is 6.13. The van der Waals surface area contributed by atoms with Crippen LogP contribution < -0.4 is 4.74 Å². The van der Waals surface area contributed by atoms with E-state index in [0.29, 0.717) is 11.4 Å². The molecule has 0 unspecified atom stereocenters. The number of nitrogens with zero attached hydrogens (tertiary/aromatic N) is 1. The molecule has 0 fully saturated rings. The summed E-state index contributed by atoms with van der Waals surface area (Å²) in [6.07, 6.45) is 0.882. The Kier molecular flexibility index (Phi) is 4.20. The average molecular weight is 339 g/mol. The summed E-state index contributed by atoms with van der Waals surface area (Å²) in [6, 6.07) is 25.2. The van der Waals surface area contributed by atoms with E-state index in [1.807, 2.05) is 85.8 Å². The minimum Gasteiger partial charge on any atom is -0.439 e. The van der Waals surface area contributed by atoms with Crippen molar-refractivity contribution in [3.05, 3.63) is 90.0 Å². The molecule has 1 aromatic heterocycles. The monoisotopic (exact) mass is 339 g/mol. The molecule has 0 atom stereocenters. The van der Waals surface area contributed by atoms with E-state index in [2.05, 4.69) is 4.98 Å². The SMILES string of the molecule is Cc1cc(Oc2ccccc2)nc2cc(-c3ccccc3C=O)ccc12. The topological polar surface area (TPSA) is 39.2 Å². The fourth-order valence-electron chi connectivity index (χ4n) is 3.06. The number of aromatic nitrogens is 1. The van der Waals surface area contributed by atoms with Crippen LogP contribution in [-0.4, -0.2) is 11.3 Å². The van der Waals surface area contributed by atoms with Gasteiger partial charge in [0.15, 0.2) is 6.29 Å². The van der Waals surface area contributed by atoms with Crippen molar-refractivity contribution >= 4 is 17.2 Å². The zero-order chi connectivity index (χ0) is 17.9. The molecule has 126 valence electrons. The molecule has 0 aliphatic rings. The summed E-state index contributed by atoms with van der Waals surface area (Å²) in [5, 5.41) is 1.07. The van der Waals surface area contributed by atoms with E-state index in [0.717, 1.165) is 39.6 Å². The van der Waals surface area contributed by atoms with Crippen LogP contribution in [-0.2, 0) is 0 Å². The maximum atomic E-state index is 11.3. The van der Waals surface area contributed by atoms with Gasteiger partial charge in [0, 0.05) is 17.0 Å². The Morgan fingerprint density at radius 1 is 0.885 bits per heavy atom. The number of pyridine rings is 1. The average Bonchev–Trinajstić information content (AvgIpc) is 2.68. The molecule has 0 N–H and O–H groups in total. The van der Waals surface area contributed by atoms with Gasteiger partial charge in [-0.1, -0.05) is 54.6 Å². The van der Waals surface area contributed by atoms with Crippen molar-refractivity contribution < 1.29 is 9.53 Å². The van der Waals surface area contributed by atoms with Crippen LogP contribution in [0.4, 0.5) is 0 Å². The second kappa shape index (κ2) is 6.81. The first-order valence-corrected chi connectivity index (χ1v) is 8.43. The van der Waals surface area contributed by atoms with E-state index in [9.17, 15) is 4.79 Å². The summed E-state index contributed by atoms with van der Waals surface area (Å²) in [5.74, 6) is 1.31. The number of rotatable bonds is 4. The normalized spacial score (nSPS) is 10.7. The zero-order valence-corrected chi connectivity index (χ0v) is 14.3. The number of carbonyl (C=O) groups excluding carboxylic acids is 1. The molecular weight excluding hydrogens is 322 g/mol. The van der Waals surface area contributed by atoms with Gasteiger partial charge in [-0.05, 0) is 41.8 Å². The van der Waals surface area contributed by atoms with E-state index in [-0.39, 0.29) is 0 Å². The van der Waals surface area contributed by atoms with Gasteiger partial charge in [0.1, 0.15) is 5.75 Å². The lowest BCUT2D eigenvalue weighted by molar-refractivity contribution is 0.112. The third kappa shape index (κ3) is 3.07. The van der Waals surface area contributed by atoms with Gasteiger partial charge in [0.2, 0.25) is 5.88 Å². The molecule has 4 aromatic rings. The molecule has 0 aliphatic heterocycles. The third-order valence-corrected chi connectivity index (χ3v) is 4.36. The predicted octanol–water partition coefficient (Wildman–Crippen LogP) is 5.82. The molecular formula is C23H17NO2. The lowest BCUT2D eigenvalue weighted by Gasteiger charge is -2.10. The van der Waals surface area contributed by atoms with Crippen LogP contribution >= 0.6 is 0 Å². The van der Waals surface area contributed by atoms with Gasteiger partial charge >= 0.3 is 0 Å². The summed E-state index contributed by atoms with van der Waals surface area (Å²) in [7, 11) is 0. The molecule has 3 heteroatoms. The Balaban J connectivity index is 1.80. The molecule has 0 radical (unpaired) electrons. The molecule has 3 nitrogen and oxygen atoms in total. The fourth-order valence-corrected chi connectivity index (χ4v) is 3.06. The number of hydrogen-bond acceptors (Lipinski definition) is 3. The number of aryl methyl sites for hydroxylation is 1. The number of ether oxygens (including phenoxy) is 1. The summed E-state index contributed by atoms with van der Waals surface area (Å²) >= 11 is 0. The number of carbonyl (C=O) groups is 1. The van der Waals surface area contributed by atoms with Crippen molar-refractivity contribution in [2.75, 3.05) is 0 Å². The van der Waals surface area contributed by atoms with Crippen molar-refractivity contribution in [1.82, 2.24) is 4.98 Å². The van der Waals surface area contributed by atoms with E-state index in [1.54, 1.807) is 0 Å². The van der Waals surface area contributed by atoms with E-state index >= 15 is 0 Å². The summed E-state index contributed by atoms with van der Waals surface area (Å²) in [6.45, 7) is 2.04. The highest BCUT2D eigenvalue weighted by Gasteiger charge is 2.09. The molecule has 0 bridgehead atoms.